The van der Waals surface area contributed by atoms with Crippen molar-refractivity contribution in [1.82, 2.24) is 24.8 Å². The molecule has 1 atom stereocenters. The Balaban J connectivity index is 1.40. The van der Waals surface area contributed by atoms with Crippen LogP contribution in [0, 0.1) is 5.82 Å². The molecule has 3 heterocycles. The quantitative estimate of drug-likeness (QED) is 0.283. The summed E-state index contributed by atoms with van der Waals surface area (Å²) in [5.41, 5.74) is 2.43. The number of thioether (sulfide) groups is 1. The summed E-state index contributed by atoms with van der Waals surface area (Å²) in [7, 11) is 1.64. The highest BCUT2D eigenvalue weighted by Gasteiger charge is 2.26. The molecule has 7 nitrogen and oxygen atoms in total. The first-order valence-corrected chi connectivity index (χ1v) is 12.8. The standard InChI is InChI=1S/C26H28FN5O2S/c1-18(31-14-6-3-7-15-31)25-28-29-26(32(25)20-12-10-19(27)11-13-20)35-17-21-16-23(30-34-21)22-8-4-5-9-24(22)33-2/h4-5,8-13,16,18H,3,6-7,14-15,17H2,1-2H3/t18-/m1/s1. The summed E-state index contributed by atoms with van der Waals surface area (Å²) in [4.78, 5) is 2.44. The first kappa shape index (κ1) is 23.6. The van der Waals surface area contributed by atoms with Crippen LogP contribution < -0.4 is 4.74 Å². The van der Waals surface area contributed by atoms with Gasteiger partial charge >= 0.3 is 0 Å². The Bertz CT molecular complexity index is 1270. The van der Waals surface area contributed by atoms with Gasteiger partial charge in [-0.05, 0) is 69.3 Å². The molecule has 0 unspecified atom stereocenters. The molecule has 5 rings (SSSR count). The molecular weight excluding hydrogens is 465 g/mol. The van der Waals surface area contributed by atoms with Gasteiger partial charge in [0.1, 0.15) is 23.0 Å². The summed E-state index contributed by atoms with van der Waals surface area (Å²) >= 11 is 1.51. The van der Waals surface area contributed by atoms with Crippen molar-refractivity contribution in [3.8, 4) is 22.7 Å². The van der Waals surface area contributed by atoms with Crippen LogP contribution in [0.3, 0.4) is 0 Å². The molecule has 0 N–H and O–H groups in total. The minimum Gasteiger partial charge on any atom is -0.496 e. The van der Waals surface area contributed by atoms with Gasteiger partial charge in [-0.3, -0.25) is 9.47 Å². The van der Waals surface area contributed by atoms with Crippen LogP contribution in [-0.2, 0) is 5.75 Å². The van der Waals surface area contributed by atoms with E-state index in [1.54, 1.807) is 19.2 Å². The molecule has 1 aliphatic rings. The monoisotopic (exact) mass is 493 g/mol. The SMILES string of the molecule is COc1ccccc1-c1cc(CSc2nnc([C@@H](C)N3CCCCC3)n2-c2ccc(F)cc2)on1. The lowest BCUT2D eigenvalue weighted by Gasteiger charge is -2.31. The topological polar surface area (TPSA) is 69.2 Å². The maximum absolute atomic E-state index is 13.7. The molecule has 0 aliphatic carbocycles. The molecular formula is C26H28FN5O2S. The molecule has 182 valence electrons. The van der Waals surface area contributed by atoms with Crippen LogP contribution in [0.25, 0.3) is 16.9 Å². The lowest BCUT2D eigenvalue weighted by Crippen LogP contribution is -2.33. The lowest BCUT2D eigenvalue weighted by atomic mass is 10.1. The van der Waals surface area contributed by atoms with Gasteiger partial charge in [-0.15, -0.1) is 10.2 Å². The summed E-state index contributed by atoms with van der Waals surface area (Å²) in [5, 5.41) is 14.0. The molecule has 1 saturated heterocycles. The number of rotatable bonds is 8. The van der Waals surface area contributed by atoms with Gasteiger partial charge < -0.3 is 9.26 Å². The largest absolute Gasteiger partial charge is 0.496 e. The van der Waals surface area contributed by atoms with Crippen molar-refractivity contribution < 1.29 is 13.7 Å². The zero-order chi connectivity index (χ0) is 24.2. The minimum atomic E-state index is -0.271. The summed E-state index contributed by atoms with van der Waals surface area (Å²) in [6.45, 7) is 4.26. The zero-order valence-corrected chi connectivity index (χ0v) is 20.7. The molecule has 1 aliphatic heterocycles. The number of benzene rings is 2. The second kappa shape index (κ2) is 10.6. The number of piperidine rings is 1. The van der Waals surface area contributed by atoms with Gasteiger partial charge in [-0.1, -0.05) is 35.5 Å². The fourth-order valence-corrected chi connectivity index (χ4v) is 5.28. The van der Waals surface area contributed by atoms with Crippen LogP contribution in [0.4, 0.5) is 4.39 Å². The summed E-state index contributed by atoms with van der Waals surface area (Å²) < 4.78 is 26.7. The van der Waals surface area contributed by atoms with Gasteiger partial charge in [0.05, 0.1) is 18.9 Å². The average Bonchev–Trinajstić information content (AvgIpc) is 3.55. The average molecular weight is 494 g/mol. The second-order valence-electron chi connectivity index (χ2n) is 8.59. The van der Waals surface area contributed by atoms with E-state index in [-0.39, 0.29) is 11.9 Å². The van der Waals surface area contributed by atoms with Crippen molar-refractivity contribution in [3.63, 3.8) is 0 Å². The smallest absolute Gasteiger partial charge is 0.196 e. The first-order valence-electron chi connectivity index (χ1n) is 11.8. The highest BCUT2D eigenvalue weighted by atomic mass is 32.2. The van der Waals surface area contributed by atoms with E-state index < -0.39 is 0 Å². The number of halogens is 1. The fraction of sp³-hybridized carbons (Fsp3) is 0.346. The normalized spacial score (nSPS) is 15.3. The van der Waals surface area contributed by atoms with Crippen LogP contribution >= 0.6 is 11.8 Å². The molecule has 0 spiro atoms. The second-order valence-corrected chi connectivity index (χ2v) is 9.54. The maximum atomic E-state index is 13.7. The summed E-state index contributed by atoms with van der Waals surface area (Å²) in [5.74, 6) is 2.57. The molecule has 0 bridgehead atoms. The van der Waals surface area contributed by atoms with Gasteiger partial charge in [-0.2, -0.15) is 0 Å². The zero-order valence-electron chi connectivity index (χ0n) is 19.9. The molecule has 4 aromatic rings. The van der Waals surface area contributed by atoms with E-state index in [4.69, 9.17) is 9.26 Å². The van der Waals surface area contributed by atoms with E-state index >= 15 is 0 Å². The minimum absolute atomic E-state index is 0.102. The van der Waals surface area contributed by atoms with Gasteiger partial charge in [0, 0.05) is 17.3 Å². The lowest BCUT2D eigenvalue weighted by molar-refractivity contribution is 0.167. The van der Waals surface area contributed by atoms with Crippen molar-refractivity contribution in [1.29, 1.82) is 0 Å². The Kier molecular flexibility index (Phi) is 7.15. The van der Waals surface area contributed by atoms with Crippen LogP contribution in [0.1, 0.15) is 43.8 Å². The third-order valence-electron chi connectivity index (χ3n) is 6.34. The molecule has 2 aromatic carbocycles. The van der Waals surface area contributed by atoms with Gasteiger partial charge in [-0.25, -0.2) is 4.39 Å². The summed E-state index contributed by atoms with van der Waals surface area (Å²) in [6, 6.07) is 16.2. The third kappa shape index (κ3) is 5.11. The maximum Gasteiger partial charge on any atom is 0.196 e. The molecule has 9 heteroatoms. The Morgan fingerprint density at radius 1 is 1.06 bits per heavy atom. The van der Waals surface area contributed by atoms with E-state index in [0.717, 1.165) is 52.5 Å². The van der Waals surface area contributed by atoms with Crippen molar-refractivity contribution >= 4 is 11.8 Å². The van der Waals surface area contributed by atoms with E-state index in [9.17, 15) is 4.39 Å². The summed E-state index contributed by atoms with van der Waals surface area (Å²) in [6.07, 6.45) is 3.65. The van der Waals surface area contributed by atoms with Crippen molar-refractivity contribution in [3.05, 3.63) is 72.0 Å². The molecule has 0 saturated carbocycles. The van der Waals surface area contributed by atoms with E-state index in [0.29, 0.717) is 5.75 Å². The van der Waals surface area contributed by atoms with Crippen LogP contribution in [0.2, 0.25) is 0 Å². The number of nitrogens with zero attached hydrogens (tertiary/aromatic N) is 5. The predicted molar refractivity (Wildman–Crippen MR) is 133 cm³/mol. The Morgan fingerprint density at radius 2 is 1.83 bits per heavy atom. The van der Waals surface area contributed by atoms with E-state index in [1.165, 1.54) is 43.2 Å². The van der Waals surface area contributed by atoms with E-state index in [1.807, 2.05) is 34.9 Å². The molecule has 35 heavy (non-hydrogen) atoms. The van der Waals surface area contributed by atoms with Crippen molar-refractivity contribution in [2.24, 2.45) is 0 Å². The molecule has 0 radical (unpaired) electrons. The van der Waals surface area contributed by atoms with Crippen molar-refractivity contribution in [2.75, 3.05) is 20.2 Å². The molecule has 2 aromatic heterocycles. The Hall–Kier alpha value is -3.17. The predicted octanol–water partition coefficient (Wildman–Crippen LogP) is 5.91. The Morgan fingerprint density at radius 3 is 2.60 bits per heavy atom. The number of aromatic nitrogens is 4. The van der Waals surface area contributed by atoms with Gasteiger partial charge in [0.15, 0.2) is 11.0 Å². The number of ether oxygens (including phenoxy) is 1. The van der Waals surface area contributed by atoms with E-state index in [2.05, 4.69) is 27.2 Å². The van der Waals surface area contributed by atoms with Crippen LogP contribution in [0.5, 0.6) is 5.75 Å². The van der Waals surface area contributed by atoms with Gasteiger partial charge in [0.2, 0.25) is 0 Å². The first-order chi connectivity index (χ1) is 17.1. The van der Waals surface area contributed by atoms with Crippen LogP contribution in [0.15, 0.2) is 64.3 Å². The number of para-hydroxylation sites is 1. The van der Waals surface area contributed by atoms with Gasteiger partial charge in [0.25, 0.3) is 0 Å². The van der Waals surface area contributed by atoms with Crippen LogP contribution in [-0.4, -0.2) is 45.0 Å². The number of likely N-dealkylation sites (tertiary alicyclic amines) is 1. The number of methoxy groups -OCH3 is 1. The third-order valence-corrected chi connectivity index (χ3v) is 7.29. The Labute approximate surface area is 208 Å². The number of hydrogen-bond donors (Lipinski definition) is 0. The number of hydrogen-bond acceptors (Lipinski definition) is 7. The highest BCUT2D eigenvalue weighted by molar-refractivity contribution is 7.98. The van der Waals surface area contributed by atoms with Crippen molar-refractivity contribution in [2.45, 2.75) is 43.1 Å². The fourth-order valence-electron chi connectivity index (χ4n) is 4.45. The highest BCUT2D eigenvalue weighted by Crippen LogP contribution is 2.33. The molecule has 1 fully saturated rings. The molecule has 0 amide bonds.